The minimum absolute atomic E-state index is 0. The van der Waals surface area contributed by atoms with E-state index in [4.69, 9.17) is 15.0 Å². The van der Waals surface area contributed by atoms with Gasteiger partial charge in [0, 0.05) is 12.1 Å². The average Bonchev–Trinajstić information content (AvgIpc) is 3.33. The van der Waals surface area contributed by atoms with Crippen LogP contribution in [0.1, 0.15) is 39.8 Å². The minimum atomic E-state index is 0. The Morgan fingerprint density at radius 2 is 0.912 bits per heavy atom. The summed E-state index contributed by atoms with van der Waals surface area (Å²) in [4.78, 5) is 14.8. The van der Waals surface area contributed by atoms with Crippen molar-refractivity contribution in [2.75, 3.05) is 0 Å². The first-order valence-electron chi connectivity index (χ1n) is 10.5. The molecule has 9 heteroatoms. The quantitative estimate of drug-likeness (QED) is 0.226. The van der Waals surface area contributed by atoms with Gasteiger partial charge in [-0.25, -0.2) is 15.0 Å². The van der Waals surface area contributed by atoms with Gasteiger partial charge in [-0.1, -0.05) is 30.3 Å². The van der Waals surface area contributed by atoms with Crippen molar-refractivity contribution in [2.45, 2.75) is 39.8 Å². The van der Waals surface area contributed by atoms with Gasteiger partial charge in [0.25, 0.3) is 0 Å². The second kappa shape index (κ2) is 12.1. The van der Waals surface area contributed by atoms with Crippen LogP contribution in [0, 0.1) is 0 Å². The van der Waals surface area contributed by atoms with Gasteiger partial charge in [0.2, 0.25) is 0 Å². The summed E-state index contributed by atoms with van der Waals surface area (Å²) in [6.07, 6.45) is 0. The summed E-state index contributed by atoms with van der Waals surface area (Å²) in [5, 5.41) is 0. The molecule has 34 heavy (non-hydrogen) atoms. The SMILES string of the molecule is CC(C)n1c(-c2cccc(-c3nc4ccccc4n3C(C)C)n2)nc2ccccc21.[Cl-].[Cl-].[Cl-].[Fe+3]. The van der Waals surface area contributed by atoms with Crippen molar-refractivity contribution >= 4 is 22.1 Å². The molecule has 0 unspecified atom stereocenters. The van der Waals surface area contributed by atoms with Gasteiger partial charge < -0.3 is 46.4 Å². The van der Waals surface area contributed by atoms with Crippen LogP contribution in [-0.4, -0.2) is 24.1 Å². The standard InChI is InChI=1S/C25H25N5.3ClH.Fe/c1-16(2)29-22-14-7-5-10-18(22)27-24(29)20-12-9-13-21(26-20)25-28-19-11-6-8-15-23(19)30(25)17(3)4;;;;/h5-17H,1-4H3;3*1H;/q;;;;+3/p-3. The van der Waals surface area contributed by atoms with Gasteiger partial charge in [-0.3, -0.25) is 0 Å². The molecule has 3 aromatic heterocycles. The molecule has 0 aliphatic heterocycles. The minimum Gasteiger partial charge on any atom is -1.00 e. The average molecular weight is 558 g/mol. The topological polar surface area (TPSA) is 48.5 Å². The molecule has 1 radical (unpaired) electrons. The number of pyridine rings is 1. The molecule has 3 heterocycles. The third kappa shape index (κ3) is 5.12. The molecular formula is C25H25Cl3FeN5. The number of benzene rings is 2. The summed E-state index contributed by atoms with van der Waals surface area (Å²) in [5.74, 6) is 1.78. The fraction of sp³-hybridized carbons (Fsp3) is 0.240. The number of rotatable bonds is 4. The third-order valence-corrected chi connectivity index (χ3v) is 5.43. The molecule has 2 aromatic carbocycles. The van der Waals surface area contributed by atoms with Crippen LogP contribution in [0.3, 0.4) is 0 Å². The monoisotopic (exact) mass is 556 g/mol. The first-order chi connectivity index (χ1) is 14.5. The Kier molecular flexibility index (Phi) is 10.6. The van der Waals surface area contributed by atoms with Crippen LogP contribution in [0.15, 0.2) is 66.7 Å². The van der Waals surface area contributed by atoms with Crippen molar-refractivity contribution in [3.05, 3.63) is 66.7 Å². The van der Waals surface area contributed by atoms with Crippen molar-refractivity contribution in [1.29, 1.82) is 0 Å². The van der Waals surface area contributed by atoms with Gasteiger partial charge in [-0.05, 0) is 64.1 Å². The summed E-state index contributed by atoms with van der Waals surface area (Å²) in [7, 11) is 0. The number of hydrogen-bond acceptors (Lipinski definition) is 3. The fourth-order valence-electron chi connectivity index (χ4n) is 4.18. The van der Waals surface area contributed by atoms with Crippen LogP contribution >= 0.6 is 0 Å². The molecule has 0 N–H and O–H groups in total. The molecule has 0 saturated carbocycles. The van der Waals surface area contributed by atoms with Crippen LogP contribution in [0.5, 0.6) is 0 Å². The molecule has 0 saturated heterocycles. The molecule has 0 aliphatic carbocycles. The van der Waals surface area contributed by atoms with Gasteiger partial charge >= 0.3 is 17.1 Å². The largest absolute Gasteiger partial charge is 3.00 e. The molecule has 5 aromatic rings. The van der Waals surface area contributed by atoms with E-state index in [2.05, 4.69) is 73.2 Å². The van der Waals surface area contributed by atoms with Crippen LogP contribution < -0.4 is 37.2 Å². The van der Waals surface area contributed by atoms with Crippen LogP contribution in [-0.2, 0) is 17.1 Å². The Bertz CT molecular complexity index is 1280. The summed E-state index contributed by atoms with van der Waals surface area (Å²) >= 11 is 0. The zero-order valence-electron chi connectivity index (χ0n) is 19.2. The van der Waals surface area contributed by atoms with Crippen molar-refractivity contribution < 1.29 is 54.3 Å². The van der Waals surface area contributed by atoms with E-state index in [1.54, 1.807) is 0 Å². The van der Waals surface area contributed by atoms with Crippen molar-refractivity contribution in [3.8, 4) is 23.0 Å². The van der Waals surface area contributed by atoms with Crippen molar-refractivity contribution in [2.24, 2.45) is 0 Å². The molecule has 5 nitrogen and oxygen atoms in total. The first-order valence-corrected chi connectivity index (χ1v) is 10.5. The third-order valence-electron chi connectivity index (χ3n) is 5.43. The second-order valence-electron chi connectivity index (χ2n) is 8.18. The predicted octanol–water partition coefficient (Wildman–Crippen LogP) is -2.71. The van der Waals surface area contributed by atoms with E-state index in [1.807, 2.05) is 30.3 Å². The second-order valence-corrected chi connectivity index (χ2v) is 8.18. The predicted molar refractivity (Wildman–Crippen MR) is 122 cm³/mol. The zero-order valence-corrected chi connectivity index (χ0v) is 22.6. The number of nitrogens with zero attached hydrogens (tertiary/aromatic N) is 5. The number of halogens is 3. The summed E-state index contributed by atoms with van der Waals surface area (Å²) < 4.78 is 4.51. The number of para-hydroxylation sites is 4. The summed E-state index contributed by atoms with van der Waals surface area (Å²) in [6.45, 7) is 8.72. The maximum Gasteiger partial charge on any atom is 3.00 e. The van der Waals surface area contributed by atoms with Gasteiger partial charge in [0.05, 0.1) is 22.1 Å². The van der Waals surface area contributed by atoms with Gasteiger partial charge in [0.1, 0.15) is 11.4 Å². The molecule has 179 valence electrons. The molecule has 0 aliphatic rings. The van der Waals surface area contributed by atoms with Gasteiger partial charge in [-0.2, -0.15) is 0 Å². The Labute approximate surface area is 229 Å². The summed E-state index contributed by atoms with van der Waals surface area (Å²) in [6, 6.07) is 23.2. The van der Waals surface area contributed by atoms with E-state index < -0.39 is 0 Å². The Morgan fingerprint density at radius 3 is 1.29 bits per heavy atom. The van der Waals surface area contributed by atoms with E-state index in [9.17, 15) is 0 Å². The maximum atomic E-state index is 5.02. The maximum absolute atomic E-state index is 5.02. The number of aromatic nitrogens is 5. The van der Waals surface area contributed by atoms with Crippen LogP contribution in [0.25, 0.3) is 45.1 Å². The fourth-order valence-corrected chi connectivity index (χ4v) is 4.18. The van der Waals surface area contributed by atoms with Gasteiger partial charge in [0.15, 0.2) is 11.6 Å². The number of hydrogen-bond donors (Lipinski definition) is 0. The first kappa shape index (κ1) is 30.0. The van der Waals surface area contributed by atoms with Crippen LogP contribution in [0.4, 0.5) is 0 Å². The Morgan fingerprint density at radius 1 is 0.529 bits per heavy atom. The molecular weight excluding hydrogens is 533 g/mol. The molecule has 0 bridgehead atoms. The van der Waals surface area contributed by atoms with Gasteiger partial charge in [-0.15, -0.1) is 0 Å². The molecule has 0 amide bonds. The van der Waals surface area contributed by atoms with Crippen molar-refractivity contribution in [1.82, 2.24) is 24.1 Å². The van der Waals surface area contributed by atoms with E-state index in [0.717, 1.165) is 45.1 Å². The Balaban J connectivity index is 0.00000144. The molecule has 0 atom stereocenters. The molecule has 0 spiro atoms. The Hall–Kier alpha value is -2.08. The molecule has 5 rings (SSSR count). The van der Waals surface area contributed by atoms with E-state index in [1.165, 1.54) is 0 Å². The van der Waals surface area contributed by atoms with Crippen LogP contribution in [0.2, 0.25) is 0 Å². The smallest absolute Gasteiger partial charge is 1.00 e. The number of fused-ring (bicyclic) bond motifs is 2. The molecule has 0 fully saturated rings. The van der Waals surface area contributed by atoms with E-state index in [-0.39, 0.29) is 66.4 Å². The van der Waals surface area contributed by atoms with Crippen molar-refractivity contribution in [3.63, 3.8) is 0 Å². The summed E-state index contributed by atoms with van der Waals surface area (Å²) in [5.41, 5.74) is 5.96. The number of imidazole rings is 2. The van der Waals surface area contributed by atoms with E-state index >= 15 is 0 Å². The zero-order chi connectivity index (χ0) is 20.8. The van der Waals surface area contributed by atoms with E-state index in [0.29, 0.717) is 0 Å². The normalized spacial score (nSPS) is 10.5.